The van der Waals surface area contributed by atoms with Crippen LogP contribution in [0.5, 0.6) is 0 Å². The minimum atomic E-state index is 0.118. The van der Waals surface area contributed by atoms with E-state index in [1.807, 2.05) is 11.6 Å². The fraction of sp³-hybridized carbons (Fsp3) is 0.200. The maximum Gasteiger partial charge on any atom is 0.136 e. The Morgan fingerprint density at radius 1 is 1.33 bits per heavy atom. The van der Waals surface area contributed by atoms with Crippen LogP contribution >= 0.6 is 22.7 Å². The summed E-state index contributed by atoms with van der Waals surface area (Å²) in [5, 5.41) is 5.09. The molecule has 3 nitrogen and oxygen atoms in total. The molecule has 0 amide bonds. The van der Waals surface area contributed by atoms with Crippen LogP contribution in [0.2, 0.25) is 0 Å². The van der Waals surface area contributed by atoms with Gasteiger partial charge in [-0.25, -0.2) is 4.98 Å². The quantitative estimate of drug-likeness (QED) is 0.824. The molecule has 2 aromatic heterocycles. The first-order valence-electron chi connectivity index (χ1n) is 4.64. The lowest BCUT2D eigenvalue weighted by Crippen LogP contribution is -2.20. The Labute approximate surface area is 95.3 Å². The second-order valence-corrected chi connectivity index (χ2v) is 5.22. The average Bonchev–Trinajstić information content (AvgIpc) is 2.88. The summed E-state index contributed by atoms with van der Waals surface area (Å²) < 4.78 is 0. The van der Waals surface area contributed by atoms with Crippen LogP contribution in [0.15, 0.2) is 28.0 Å². The molecule has 15 heavy (non-hydrogen) atoms. The second kappa shape index (κ2) is 3.43. The Morgan fingerprint density at radius 3 is 3.07 bits per heavy atom. The Hall–Kier alpha value is -1.20. The van der Waals surface area contributed by atoms with Crippen molar-refractivity contribution in [3.8, 4) is 0 Å². The molecular formula is C10H9N3S2. The van der Waals surface area contributed by atoms with Gasteiger partial charge in [-0.3, -0.25) is 4.99 Å². The van der Waals surface area contributed by atoms with Crippen LogP contribution in [0, 0.1) is 0 Å². The molecule has 1 unspecified atom stereocenters. The van der Waals surface area contributed by atoms with E-state index in [1.165, 1.54) is 5.56 Å². The van der Waals surface area contributed by atoms with Crippen molar-refractivity contribution in [1.82, 2.24) is 4.98 Å². The summed E-state index contributed by atoms with van der Waals surface area (Å²) in [4.78, 5) is 9.91. The average molecular weight is 235 g/mol. The summed E-state index contributed by atoms with van der Waals surface area (Å²) in [5.74, 6) is 0.659. The molecule has 0 fully saturated rings. The maximum absolute atomic E-state index is 5.92. The second-order valence-electron chi connectivity index (χ2n) is 3.38. The predicted molar refractivity (Wildman–Crippen MR) is 63.6 cm³/mol. The molecule has 76 valence electrons. The van der Waals surface area contributed by atoms with Crippen LogP contribution in [0.25, 0.3) is 0 Å². The summed E-state index contributed by atoms with van der Waals surface area (Å²) in [6.07, 6.45) is 2.74. The van der Waals surface area contributed by atoms with Gasteiger partial charge in [0.25, 0.3) is 0 Å². The van der Waals surface area contributed by atoms with Gasteiger partial charge in [-0.1, -0.05) is 0 Å². The molecule has 0 saturated carbocycles. The predicted octanol–water partition coefficient (Wildman–Crippen LogP) is 2.21. The Kier molecular flexibility index (Phi) is 2.07. The molecule has 0 bridgehead atoms. The first-order valence-corrected chi connectivity index (χ1v) is 6.40. The number of hydrogen-bond donors (Lipinski definition) is 1. The highest BCUT2D eigenvalue weighted by molar-refractivity contribution is 7.12. The number of hydrogen-bond acceptors (Lipinski definition) is 5. The zero-order valence-corrected chi connectivity index (χ0v) is 9.52. The molecule has 0 radical (unpaired) electrons. The Morgan fingerprint density at radius 2 is 2.27 bits per heavy atom. The largest absolute Gasteiger partial charge is 0.383 e. The van der Waals surface area contributed by atoms with Crippen molar-refractivity contribution in [1.29, 1.82) is 0 Å². The van der Waals surface area contributed by atoms with Gasteiger partial charge < -0.3 is 5.73 Å². The molecule has 1 aliphatic heterocycles. The monoisotopic (exact) mass is 235 g/mol. The van der Waals surface area contributed by atoms with Crippen molar-refractivity contribution in [2.24, 2.45) is 10.7 Å². The normalized spacial score (nSPS) is 19.7. The fourth-order valence-electron chi connectivity index (χ4n) is 1.74. The molecule has 0 spiro atoms. The van der Waals surface area contributed by atoms with E-state index in [2.05, 4.69) is 21.4 Å². The lowest BCUT2D eigenvalue weighted by Gasteiger charge is -2.16. The third kappa shape index (κ3) is 1.48. The molecular weight excluding hydrogens is 226 g/mol. The number of nitrogens with zero attached hydrogens (tertiary/aromatic N) is 2. The molecule has 0 aliphatic carbocycles. The first-order chi connectivity index (χ1) is 7.34. The number of thiophene rings is 1. The zero-order valence-electron chi connectivity index (χ0n) is 7.88. The minimum Gasteiger partial charge on any atom is -0.383 e. The van der Waals surface area contributed by atoms with Crippen molar-refractivity contribution in [3.63, 3.8) is 0 Å². The molecule has 0 aromatic carbocycles. The maximum atomic E-state index is 5.92. The van der Waals surface area contributed by atoms with E-state index in [9.17, 15) is 0 Å². The van der Waals surface area contributed by atoms with Gasteiger partial charge in [0, 0.05) is 18.0 Å². The summed E-state index contributed by atoms with van der Waals surface area (Å²) in [6, 6.07) is 2.24. The van der Waals surface area contributed by atoms with Crippen LogP contribution in [-0.2, 0) is 6.42 Å². The number of amidine groups is 1. The van der Waals surface area contributed by atoms with E-state index in [0.29, 0.717) is 5.84 Å². The van der Waals surface area contributed by atoms with Crippen LogP contribution in [0.3, 0.4) is 0 Å². The molecule has 0 saturated heterocycles. The van der Waals surface area contributed by atoms with Crippen molar-refractivity contribution in [3.05, 3.63) is 38.5 Å². The van der Waals surface area contributed by atoms with E-state index in [4.69, 9.17) is 5.73 Å². The number of nitrogens with two attached hydrogens (primary N) is 1. The lowest BCUT2D eigenvalue weighted by atomic mass is 10.0. The number of thiazole rings is 1. The standard InChI is InChI=1S/C10H9N3S2/c11-9-8-6(1-3-14-8)5-7(13-9)10-12-2-4-15-10/h1-4,7H,5H2,(H2,11,13). The summed E-state index contributed by atoms with van der Waals surface area (Å²) in [6.45, 7) is 0. The van der Waals surface area contributed by atoms with E-state index >= 15 is 0 Å². The highest BCUT2D eigenvalue weighted by atomic mass is 32.1. The van der Waals surface area contributed by atoms with Gasteiger partial charge in [0.1, 0.15) is 16.9 Å². The van der Waals surface area contributed by atoms with Gasteiger partial charge in [0.2, 0.25) is 0 Å². The number of fused-ring (bicyclic) bond motifs is 1. The summed E-state index contributed by atoms with van der Waals surface area (Å²) >= 11 is 3.30. The number of aromatic nitrogens is 1. The van der Waals surface area contributed by atoms with Crippen LogP contribution in [0.1, 0.15) is 21.5 Å². The zero-order chi connectivity index (χ0) is 10.3. The Balaban J connectivity index is 2.02. The third-order valence-electron chi connectivity index (χ3n) is 2.42. The number of rotatable bonds is 1. The van der Waals surface area contributed by atoms with Crippen LogP contribution < -0.4 is 5.73 Å². The third-order valence-corrected chi connectivity index (χ3v) is 4.28. The van der Waals surface area contributed by atoms with E-state index in [1.54, 1.807) is 22.7 Å². The Bertz CT molecular complexity index is 498. The van der Waals surface area contributed by atoms with Gasteiger partial charge >= 0.3 is 0 Å². The van der Waals surface area contributed by atoms with Crippen molar-refractivity contribution in [2.75, 3.05) is 0 Å². The van der Waals surface area contributed by atoms with Gasteiger partial charge in [-0.2, -0.15) is 0 Å². The molecule has 2 N–H and O–H groups in total. The van der Waals surface area contributed by atoms with Gasteiger partial charge in [-0.15, -0.1) is 22.7 Å². The van der Waals surface area contributed by atoms with Crippen LogP contribution in [-0.4, -0.2) is 10.8 Å². The van der Waals surface area contributed by atoms with Crippen molar-refractivity contribution in [2.45, 2.75) is 12.5 Å². The van der Waals surface area contributed by atoms with E-state index < -0.39 is 0 Å². The SMILES string of the molecule is NC1=NC(c2nccs2)Cc2ccsc21. The van der Waals surface area contributed by atoms with E-state index in [0.717, 1.165) is 16.3 Å². The summed E-state index contributed by atoms with van der Waals surface area (Å²) in [5.41, 5.74) is 7.22. The van der Waals surface area contributed by atoms with Crippen LogP contribution in [0.4, 0.5) is 0 Å². The lowest BCUT2D eigenvalue weighted by molar-refractivity contribution is 0.707. The molecule has 5 heteroatoms. The van der Waals surface area contributed by atoms with E-state index in [-0.39, 0.29) is 6.04 Å². The number of aliphatic imine (C=N–C) groups is 1. The topological polar surface area (TPSA) is 51.3 Å². The molecule has 3 heterocycles. The highest BCUT2D eigenvalue weighted by Crippen LogP contribution is 2.31. The first kappa shape index (κ1) is 9.06. The smallest absolute Gasteiger partial charge is 0.136 e. The highest BCUT2D eigenvalue weighted by Gasteiger charge is 2.23. The van der Waals surface area contributed by atoms with Gasteiger partial charge in [0.15, 0.2) is 0 Å². The molecule has 3 rings (SSSR count). The molecule has 1 atom stereocenters. The van der Waals surface area contributed by atoms with Crippen molar-refractivity contribution < 1.29 is 0 Å². The fourth-order valence-corrected chi connectivity index (χ4v) is 3.26. The van der Waals surface area contributed by atoms with Crippen molar-refractivity contribution >= 4 is 28.5 Å². The minimum absolute atomic E-state index is 0.118. The van der Waals surface area contributed by atoms with Gasteiger partial charge in [0.05, 0.1) is 4.88 Å². The van der Waals surface area contributed by atoms with Gasteiger partial charge in [-0.05, 0) is 17.0 Å². The molecule has 2 aromatic rings. The molecule has 1 aliphatic rings. The summed E-state index contributed by atoms with van der Waals surface area (Å²) in [7, 11) is 0.